The van der Waals surface area contributed by atoms with Crippen molar-refractivity contribution in [2.45, 2.75) is 40.0 Å². The molecule has 0 amide bonds. The van der Waals surface area contributed by atoms with Gasteiger partial charge in [-0.2, -0.15) is 0 Å². The average Bonchev–Trinajstić information content (AvgIpc) is 2.55. The fraction of sp³-hybridized carbons (Fsp3) is 0.400. The first kappa shape index (κ1) is 19.9. The van der Waals surface area contributed by atoms with Crippen LogP contribution in [-0.4, -0.2) is 13.2 Å². The van der Waals surface area contributed by atoms with Gasteiger partial charge in [-0.3, -0.25) is 9.88 Å². The fourth-order valence-corrected chi connectivity index (χ4v) is 4.77. The minimum Gasteiger partial charge on any atom is -0.308 e. The Balaban J connectivity index is 2.32. The summed E-state index contributed by atoms with van der Waals surface area (Å²) < 4.78 is 24.6. The summed E-state index contributed by atoms with van der Waals surface area (Å²) >= 11 is 0. The average molecular weight is 361 g/mol. The molecule has 0 aliphatic heterocycles. The standard InChI is InChI=1S/C20H28NO3P/c1-5-23-25(22,24-6-2)20(19-12-8-10-17(4)14-19)21-15-18-11-7-9-16(3)13-18/h7-14,20-21H,5-6,15H2,1-4H3. The fourth-order valence-electron chi connectivity index (χ4n) is 2.84. The maximum absolute atomic E-state index is 13.4. The monoisotopic (exact) mass is 361 g/mol. The van der Waals surface area contributed by atoms with Gasteiger partial charge in [-0.25, -0.2) is 0 Å². The highest BCUT2D eigenvalue weighted by atomic mass is 31.2. The first-order valence-corrected chi connectivity index (χ1v) is 10.3. The van der Waals surface area contributed by atoms with Crippen molar-refractivity contribution in [1.82, 2.24) is 5.32 Å². The summed E-state index contributed by atoms with van der Waals surface area (Å²) in [5, 5.41) is 3.40. The lowest BCUT2D eigenvalue weighted by molar-refractivity contribution is 0.207. The van der Waals surface area contributed by atoms with Crippen molar-refractivity contribution in [1.29, 1.82) is 0 Å². The van der Waals surface area contributed by atoms with Gasteiger partial charge in [-0.15, -0.1) is 0 Å². The van der Waals surface area contributed by atoms with E-state index in [1.165, 1.54) is 5.56 Å². The molecule has 0 aliphatic rings. The molecule has 0 aliphatic carbocycles. The number of benzene rings is 2. The van der Waals surface area contributed by atoms with Crippen molar-refractivity contribution in [2.24, 2.45) is 0 Å². The number of hydrogen-bond acceptors (Lipinski definition) is 4. The van der Waals surface area contributed by atoms with E-state index in [1.807, 2.05) is 51.1 Å². The summed E-state index contributed by atoms with van der Waals surface area (Å²) in [7, 11) is -3.33. The highest BCUT2D eigenvalue weighted by molar-refractivity contribution is 7.54. The number of aryl methyl sites for hydroxylation is 2. The van der Waals surface area contributed by atoms with Gasteiger partial charge in [0.25, 0.3) is 0 Å². The first-order chi connectivity index (χ1) is 12.0. The molecule has 1 atom stereocenters. The third kappa shape index (κ3) is 5.52. The molecule has 0 fully saturated rings. The molecule has 2 aromatic rings. The SMILES string of the molecule is CCOP(=O)(OCC)C(NCc1cccc(C)c1)c1cccc(C)c1. The van der Waals surface area contributed by atoms with Gasteiger partial charge < -0.3 is 9.05 Å². The summed E-state index contributed by atoms with van der Waals surface area (Å²) in [6.45, 7) is 9.02. The minimum atomic E-state index is -3.33. The van der Waals surface area contributed by atoms with Crippen molar-refractivity contribution in [2.75, 3.05) is 13.2 Å². The van der Waals surface area contributed by atoms with Crippen LogP contribution in [0.2, 0.25) is 0 Å². The second-order valence-corrected chi connectivity index (χ2v) is 8.17. The van der Waals surface area contributed by atoms with Gasteiger partial charge in [0.05, 0.1) is 13.2 Å². The Morgan fingerprint density at radius 2 is 1.56 bits per heavy atom. The van der Waals surface area contributed by atoms with E-state index in [9.17, 15) is 4.57 Å². The Hall–Kier alpha value is -1.45. The summed E-state index contributed by atoms with van der Waals surface area (Å²) in [4.78, 5) is 0. The second-order valence-electron chi connectivity index (χ2n) is 6.06. The molecule has 0 saturated heterocycles. The lowest BCUT2D eigenvalue weighted by Crippen LogP contribution is -2.23. The Morgan fingerprint density at radius 1 is 0.960 bits per heavy atom. The Kier molecular flexibility index (Phi) is 7.39. The quantitative estimate of drug-likeness (QED) is 0.611. The highest BCUT2D eigenvalue weighted by Crippen LogP contribution is 2.59. The minimum absolute atomic E-state index is 0.339. The molecule has 0 bridgehead atoms. The number of hydrogen-bond donors (Lipinski definition) is 1. The lowest BCUT2D eigenvalue weighted by Gasteiger charge is -2.28. The van der Waals surface area contributed by atoms with Crippen LogP contribution in [-0.2, 0) is 20.2 Å². The molecule has 0 radical (unpaired) electrons. The molecule has 2 aromatic carbocycles. The molecular formula is C20H28NO3P. The van der Waals surface area contributed by atoms with Gasteiger partial charge in [-0.05, 0) is 38.8 Å². The molecule has 0 aromatic heterocycles. The van der Waals surface area contributed by atoms with Crippen molar-refractivity contribution in [3.63, 3.8) is 0 Å². The molecule has 136 valence electrons. The zero-order valence-electron chi connectivity index (χ0n) is 15.5. The second kappa shape index (κ2) is 9.30. The molecule has 2 rings (SSSR count). The number of nitrogens with one attached hydrogen (secondary N) is 1. The van der Waals surface area contributed by atoms with E-state index in [2.05, 4.69) is 30.4 Å². The summed E-state index contributed by atoms with van der Waals surface area (Å²) in [5.41, 5.74) is 4.36. The van der Waals surface area contributed by atoms with Crippen molar-refractivity contribution >= 4 is 7.60 Å². The molecule has 0 spiro atoms. The largest absolute Gasteiger partial charge is 0.351 e. The molecule has 1 N–H and O–H groups in total. The van der Waals surface area contributed by atoms with Gasteiger partial charge in [0.15, 0.2) is 0 Å². The normalized spacial score (nSPS) is 13.0. The van der Waals surface area contributed by atoms with Crippen molar-refractivity contribution < 1.29 is 13.6 Å². The zero-order chi connectivity index (χ0) is 18.3. The summed E-state index contributed by atoms with van der Waals surface area (Å²) in [5.74, 6) is -0.507. The van der Waals surface area contributed by atoms with E-state index in [1.54, 1.807) is 0 Å². The van der Waals surface area contributed by atoms with Crippen LogP contribution in [0.5, 0.6) is 0 Å². The topological polar surface area (TPSA) is 47.6 Å². The predicted octanol–water partition coefficient (Wildman–Crippen LogP) is 5.36. The van der Waals surface area contributed by atoms with Gasteiger partial charge in [0, 0.05) is 6.54 Å². The van der Waals surface area contributed by atoms with Crippen LogP contribution in [0.25, 0.3) is 0 Å². The smallest absolute Gasteiger partial charge is 0.308 e. The Labute approximate surface area is 151 Å². The maximum Gasteiger partial charge on any atom is 0.351 e. The number of rotatable bonds is 9. The van der Waals surface area contributed by atoms with Crippen molar-refractivity contribution in [3.05, 3.63) is 70.8 Å². The molecule has 5 heteroatoms. The third-order valence-corrected chi connectivity index (χ3v) is 6.22. The van der Waals surface area contributed by atoms with Gasteiger partial charge in [0.1, 0.15) is 5.78 Å². The van der Waals surface area contributed by atoms with Gasteiger partial charge in [0.2, 0.25) is 0 Å². The molecular weight excluding hydrogens is 333 g/mol. The van der Waals surface area contributed by atoms with Crippen LogP contribution >= 0.6 is 7.60 Å². The van der Waals surface area contributed by atoms with Crippen molar-refractivity contribution in [3.8, 4) is 0 Å². The van der Waals surface area contributed by atoms with Crippen LogP contribution in [0.1, 0.15) is 41.9 Å². The summed E-state index contributed by atoms with van der Waals surface area (Å²) in [6, 6.07) is 16.2. The van der Waals surface area contributed by atoms with E-state index in [0.717, 1.165) is 16.7 Å². The van der Waals surface area contributed by atoms with E-state index in [0.29, 0.717) is 19.8 Å². The molecule has 0 heterocycles. The highest BCUT2D eigenvalue weighted by Gasteiger charge is 2.36. The van der Waals surface area contributed by atoms with Crippen LogP contribution < -0.4 is 5.32 Å². The van der Waals surface area contributed by atoms with Crippen LogP contribution in [0.3, 0.4) is 0 Å². The Morgan fingerprint density at radius 3 is 2.12 bits per heavy atom. The Bertz CT molecular complexity index is 722. The van der Waals surface area contributed by atoms with E-state index in [4.69, 9.17) is 9.05 Å². The zero-order valence-corrected chi connectivity index (χ0v) is 16.4. The van der Waals surface area contributed by atoms with Gasteiger partial charge in [-0.1, -0.05) is 59.7 Å². The predicted molar refractivity (Wildman–Crippen MR) is 103 cm³/mol. The molecule has 0 saturated carbocycles. The van der Waals surface area contributed by atoms with E-state index < -0.39 is 13.4 Å². The molecule has 4 nitrogen and oxygen atoms in total. The van der Waals surface area contributed by atoms with Gasteiger partial charge >= 0.3 is 7.60 Å². The third-order valence-electron chi connectivity index (χ3n) is 3.87. The summed E-state index contributed by atoms with van der Waals surface area (Å²) in [6.07, 6.45) is 0. The molecule has 25 heavy (non-hydrogen) atoms. The van der Waals surface area contributed by atoms with E-state index >= 15 is 0 Å². The molecule has 1 unspecified atom stereocenters. The van der Waals surface area contributed by atoms with Crippen LogP contribution in [0.15, 0.2) is 48.5 Å². The van der Waals surface area contributed by atoms with Crippen LogP contribution in [0.4, 0.5) is 0 Å². The first-order valence-electron chi connectivity index (χ1n) is 8.72. The van der Waals surface area contributed by atoms with Crippen LogP contribution in [0, 0.1) is 13.8 Å². The lowest BCUT2D eigenvalue weighted by atomic mass is 10.1. The van der Waals surface area contributed by atoms with E-state index in [-0.39, 0.29) is 0 Å². The maximum atomic E-state index is 13.4.